The summed E-state index contributed by atoms with van der Waals surface area (Å²) >= 11 is 11.4. The number of carbonyl (C=O) groups is 2. The number of carboxylic acids is 1. The van der Waals surface area contributed by atoms with E-state index in [0.717, 1.165) is 0 Å². The maximum atomic E-state index is 12.2. The number of carbonyl (C=O) groups excluding carboxylic acids is 1. The third-order valence-corrected chi connectivity index (χ3v) is 3.06. The zero-order chi connectivity index (χ0) is 17.0. The summed E-state index contributed by atoms with van der Waals surface area (Å²) in [5.41, 5.74) is 0.578. The zero-order valence-corrected chi connectivity index (χ0v) is 13.3. The van der Waals surface area contributed by atoms with Crippen molar-refractivity contribution in [2.24, 2.45) is 0 Å². The fourth-order valence-electron chi connectivity index (χ4n) is 1.63. The number of carboxylic acid groups (broad SMARTS) is 1. The molecule has 0 spiro atoms. The van der Waals surface area contributed by atoms with Gasteiger partial charge in [-0.2, -0.15) is 15.0 Å². The van der Waals surface area contributed by atoms with Gasteiger partial charge in [0.25, 0.3) is 5.91 Å². The fraction of sp³-hybridized carbons (Fsp3) is 0.154. The maximum Gasteiger partial charge on any atom is 0.325 e. The van der Waals surface area contributed by atoms with Crippen molar-refractivity contribution in [3.8, 4) is 0 Å². The second-order valence-corrected chi connectivity index (χ2v) is 5.08. The molecule has 0 fully saturated rings. The van der Waals surface area contributed by atoms with Crippen LogP contribution in [-0.4, -0.2) is 38.0 Å². The molecule has 1 atom stereocenters. The normalized spacial score (nSPS) is 11.6. The molecule has 0 radical (unpaired) electrons. The Hall–Kier alpha value is -2.45. The lowest BCUT2D eigenvalue weighted by atomic mass is 10.1. The average molecular weight is 356 g/mol. The minimum Gasteiger partial charge on any atom is -0.480 e. The molecular formula is C13H11Cl2N5O3. The monoisotopic (exact) mass is 355 g/mol. The highest BCUT2D eigenvalue weighted by Gasteiger charge is 2.18. The Morgan fingerprint density at radius 1 is 1.13 bits per heavy atom. The number of anilines is 2. The molecule has 1 amide bonds. The second kappa shape index (κ2) is 7.21. The quantitative estimate of drug-likeness (QED) is 0.751. The predicted octanol–water partition coefficient (Wildman–Crippen LogP) is 2.12. The van der Waals surface area contributed by atoms with Crippen LogP contribution in [-0.2, 0) is 4.79 Å². The lowest BCUT2D eigenvalue weighted by molar-refractivity contribution is -0.138. The number of hydrogen-bond donors (Lipinski definition) is 3. The number of rotatable bonds is 5. The van der Waals surface area contributed by atoms with Crippen LogP contribution in [0.4, 0.5) is 11.6 Å². The van der Waals surface area contributed by atoms with Crippen LogP contribution in [0.25, 0.3) is 0 Å². The van der Waals surface area contributed by atoms with Gasteiger partial charge in [0, 0.05) is 0 Å². The summed E-state index contributed by atoms with van der Waals surface area (Å²) in [4.78, 5) is 34.3. The van der Waals surface area contributed by atoms with Gasteiger partial charge in [0.05, 0.1) is 11.3 Å². The molecule has 10 heteroatoms. The molecule has 1 aromatic heterocycles. The number of para-hydroxylation sites is 1. The van der Waals surface area contributed by atoms with Gasteiger partial charge in [0.1, 0.15) is 6.04 Å². The molecule has 120 valence electrons. The Morgan fingerprint density at radius 3 is 2.35 bits per heavy atom. The lowest BCUT2D eigenvalue weighted by Crippen LogP contribution is -2.38. The molecule has 0 aliphatic carbocycles. The molecule has 1 heterocycles. The Kier molecular flexibility index (Phi) is 5.30. The fourth-order valence-corrected chi connectivity index (χ4v) is 1.99. The van der Waals surface area contributed by atoms with Gasteiger partial charge in [-0.3, -0.25) is 9.59 Å². The van der Waals surface area contributed by atoms with Crippen LogP contribution in [0.2, 0.25) is 10.6 Å². The summed E-state index contributed by atoms with van der Waals surface area (Å²) in [5.74, 6) is -1.64. The molecule has 23 heavy (non-hydrogen) atoms. The number of nitrogens with zero attached hydrogens (tertiary/aromatic N) is 3. The van der Waals surface area contributed by atoms with Crippen molar-refractivity contribution in [1.29, 1.82) is 0 Å². The van der Waals surface area contributed by atoms with Crippen molar-refractivity contribution in [2.75, 3.05) is 5.32 Å². The van der Waals surface area contributed by atoms with E-state index in [9.17, 15) is 9.59 Å². The Bertz CT molecular complexity index is 736. The lowest BCUT2D eigenvalue weighted by Gasteiger charge is -2.13. The van der Waals surface area contributed by atoms with Gasteiger partial charge in [-0.1, -0.05) is 12.1 Å². The van der Waals surface area contributed by atoms with Gasteiger partial charge in [0.2, 0.25) is 16.5 Å². The molecule has 0 saturated carbocycles. The van der Waals surface area contributed by atoms with E-state index in [0.29, 0.717) is 5.69 Å². The van der Waals surface area contributed by atoms with E-state index in [1.165, 1.54) is 13.0 Å². The van der Waals surface area contributed by atoms with Crippen molar-refractivity contribution in [2.45, 2.75) is 13.0 Å². The van der Waals surface area contributed by atoms with E-state index < -0.39 is 17.9 Å². The molecule has 1 aromatic carbocycles. The Morgan fingerprint density at radius 2 is 1.74 bits per heavy atom. The van der Waals surface area contributed by atoms with E-state index in [1.807, 2.05) is 0 Å². The van der Waals surface area contributed by atoms with Crippen molar-refractivity contribution in [3.63, 3.8) is 0 Å². The molecule has 0 aliphatic rings. The van der Waals surface area contributed by atoms with Gasteiger partial charge in [-0.05, 0) is 42.3 Å². The van der Waals surface area contributed by atoms with Crippen LogP contribution in [0.1, 0.15) is 17.3 Å². The SMILES string of the molecule is C[C@@H](NC(=O)c1ccccc1Nc1nc(Cl)nc(Cl)n1)C(=O)O. The molecule has 2 rings (SSSR count). The smallest absolute Gasteiger partial charge is 0.325 e. The van der Waals surface area contributed by atoms with E-state index in [2.05, 4.69) is 25.6 Å². The standard InChI is InChI=1S/C13H11Cl2N5O3/c1-6(10(22)23)16-9(21)7-4-2-3-5-8(7)17-13-19-11(14)18-12(15)20-13/h2-6H,1H3,(H,16,21)(H,22,23)(H,17,18,19,20)/t6-/m1/s1. The number of aromatic nitrogens is 3. The van der Waals surface area contributed by atoms with E-state index >= 15 is 0 Å². The molecule has 0 aliphatic heterocycles. The van der Waals surface area contributed by atoms with E-state index in [1.54, 1.807) is 18.2 Å². The number of hydrogen-bond acceptors (Lipinski definition) is 6. The van der Waals surface area contributed by atoms with Crippen molar-refractivity contribution in [3.05, 3.63) is 40.4 Å². The van der Waals surface area contributed by atoms with Gasteiger partial charge in [-0.15, -0.1) is 0 Å². The first-order valence-corrected chi connectivity index (χ1v) is 7.09. The van der Waals surface area contributed by atoms with Gasteiger partial charge in [0.15, 0.2) is 0 Å². The van der Waals surface area contributed by atoms with Crippen LogP contribution >= 0.6 is 23.2 Å². The zero-order valence-electron chi connectivity index (χ0n) is 11.7. The number of amides is 1. The molecule has 8 nitrogen and oxygen atoms in total. The Balaban J connectivity index is 2.26. The second-order valence-electron chi connectivity index (χ2n) is 4.40. The van der Waals surface area contributed by atoms with Gasteiger partial charge < -0.3 is 15.7 Å². The third kappa shape index (κ3) is 4.51. The van der Waals surface area contributed by atoms with Crippen LogP contribution in [0.3, 0.4) is 0 Å². The van der Waals surface area contributed by atoms with Crippen molar-refractivity contribution >= 4 is 46.7 Å². The highest BCUT2D eigenvalue weighted by molar-refractivity contribution is 6.31. The van der Waals surface area contributed by atoms with E-state index in [-0.39, 0.29) is 22.1 Å². The topological polar surface area (TPSA) is 117 Å². The van der Waals surface area contributed by atoms with Crippen LogP contribution < -0.4 is 10.6 Å². The van der Waals surface area contributed by atoms with Crippen LogP contribution in [0.5, 0.6) is 0 Å². The van der Waals surface area contributed by atoms with E-state index in [4.69, 9.17) is 28.3 Å². The Labute approximate surface area is 140 Å². The summed E-state index contributed by atoms with van der Waals surface area (Å²) < 4.78 is 0. The van der Waals surface area contributed by atoms with Crippen LogP contribution in [0.15, 0.2) is 24.3 Å². The molecule has 3 N–H and O–H groups in total. The third-order valence-electron chi connectivity index (χ3n) is 2.72. The summed E-state index contributed by atoms with van der Waals surface area (Å²) in [6.07, 6.45) is 0. The van der Waals surface area contributed by atoms with Crippen molar-refractivity contribution < 1.29 is 14.7 Å². The summed E-state index contributed by atoms with van der Waals surface area (Å²) in [7, 11) is 0. The minimum absolute atomic E-state index is 0.0570. The molecule has 0 unspecified atom stereocenters. The molecule has 2 aromatic rings. The maximum absolute atomic E-state index is 12.2. The first-order chi connectivity index (χ1) is 10.9. The molecule has 0 saturated heterocycles. The van der Waals surface area contributed by atoms with Crippen LogP contribution in [0, 0.1) is 0 Å². The largest absolute Gasteiger partial charge is 0.480 e. The first kappa shape index (κ1) is 16.9. The summed E-state index contributed by atoms with van der Waals surface area (Å²) in [6, 6.07) is 5.42. The van der Waals surface area contributed by atoms with Gasteiger partial charge in [-0.25, -0.2) is 0 Å². The van der Waals surface area contributed by atoms with Gasteiger partial charge >= 0.3 is 5.97 Å². The number of halogens is 2. The number of aliphatic carboxylic acids is 1. The molecular weight excluding hydrogens is 345 g/mol. The predicted molar refractivity (Wildman–Crippen MR) is 84.1 cm³/mol. The minimum atomic E-state index is -1.14. The first-order valence-electron chi connectivity index (χ1n) is 6.33. The summed E-state index contributed by atoms with van der Waals surface area (Å²) in [5, 5.41) is 13.8. The number of nitrogens with one attached hydrogen (secondary N) is 2. The highest BCUT2D eigenvalue weighted by Crippen LogP contribution is 2.20. The average Bonchev–Trinajstić information content (AvgIpc) is 2.46. The molecule has 0 bridgehead atoms. The summed E-state index contributed by atoms with van der Waals surface area (Å²) in [6.45, 7) is 1.36. The highest BCUT2D eigenvalue weighted by atomic mass is 35.5. The van der Waals surface area contributed by atoms with Crippen molar-refractivity contribution in [1.82, 2.24) is 20.3 Å². The number of benzene rings is 1.